The number of rotatable bonds is 7. The molecule has 1 heterocycles. The largest absolute Gasteiger partial charge is 0.388 e. The number of aliphatic hydroxyl groups is 1. The molecule has 7 nitrogen and oxygen atoms in total. The highest BCUT2D eigenvalue weighted by Crippen LogP contribution is 2.12. The lowest BCUT2D eigenvalue weighted by molar-refractivity contribution is -0.677. The van der Waals surface area contributed by atoms with E-state index in [4.69, 9.17) is 0 Å². The monoisotopic (exact) mass is 391 g/mol. The molecule has 29 heavy (non-hydrogen) atoms. The van der Waals surface area contributed by atoms with Crippen molar-refractivity contribution in [3.8, 4) is 0 Å². The van der Waals surface area contributed by atoms with Gasteiger partial charge in [-0.25, -0.2) is 0 Å². The molecule has 0 unspecified atom stereocenters. The van der Waals surface area contributed by atoms with E-state index >= 15 is 0 Å². The van der Waals surface area contributed by atoms with E-state index in [1.165, 1.54) is 0 Å². The summed E-state index contributed by atoms with van der Waals surface area (Å²) in [6, 6.07) is 16.2. The third kappa shape index (κ3) is 5.30. The van der Waals surface area contributed by atoms with Crippen LogP contribution in [0.15, 0.2) is 71.3 Å². The molecule has 0 radical (unpaired) electrons. The quantitative estimate of drug-likeness (QED) is 0.496. The summed E-state index contributed by atoms with van der Waals surface area (Å²) in [7, 11) is 8.03. The molecule has 150 valence electrons. The Balaban J connectivity index is 1.74. The van der Waals surface area contributed by atoms with Gasteiger partial charge in [0.25, 0.3) is 6.33 Å². The van der Waals surface area contributed by atoms with Crippen LogP contribution in [0.25, 0.3) is 0 Å². The van der Waals surface area contributed by atoms with Gasteiger partial charge in [-0.2, -0.15) is 0 Å². The maximum absolute atomic E-state index is 9.62. The Hall–Kier alpha value is -3.45. The second-order valence-electron chi connectivity index (χ2n) is 7.08. The van der Waals surface area contributed by atoms with Gasteiger partial charge in [-0.1, -0.05) is 34.5 Å². The van der Waals surface area contributed by atoms with Gasteiger partial charge in [-0.05, 0) is 35.4 Å². The van der Waals surface area contributed by atoms with Crippen LogP contribution in [0.1, 0.15) is 16.8 Å². The molecule has 2 aromatic carbocycles. The molecule has 0 saturated carbocycles. The van der Waals surface area contributed by atoms with Gasteiger partial charge in [0.1, 0.15) is 6.61 Å². The summed E-state index contributed by atoms with van der Waals surface area (Å²) in [4.78, 5) is 4.10. The van der Waals surface area contributed by atoms with Crippen molar-refractivity contribution < 1.29 is 9.78 Å². The Morgan fingerprint density at radius 1 is 0.862 bits per heavy atom. The summed E-state index contributed by atoms with van der Waals surface area (Å²) < 4.78 is 3.25. The zero-order valence-corrected chi connectivity index (χ0v) is 17.3. The fraction of sp³-hybridized carbons (Fsp3) is 0.227. The Bertz CT molecular complexity index is 985. The second-order valence-corrected chi connectivity index (χ2v) is 7.08. The molecule has 0 amide bonds. The van der Waals surface area contributed by atoms with Crippen LogP contribution in [0, 0.1) is 0 Å². The van der Waals surface area contributed by atoms with E-state index in [9.17, 15) is 5.11 Å². The number of hydrogen-bond donors (Lipinski definition) is 1. The minimum atomic E-state index is -0.128. The lowest BCUT2D eigenvalue weighted by atomic mass is 10.2. The lowest BCUT2D eigenvalue weighted by Crippen LogP contribution is -2.24. The minimum Gasteiger partial charge on any atom is -0.388 e. The van der Waals surface area contributed by atoms with Crippen LogP contribution in [-0.2, 0) is 6.61 Å². The van der Waals surface area contributed by atoms with Gasteiger partial charge >= 0.3 is 0 Å². The number of aliphatic hydroxyl groups excluding tert-OH is 1. The van der Waals surface area contributed by atoms with Crippen LogP contribution in [-0.4, -0.2) is 50.4 Å². The van der Waals surface area contributed by atoms with Crippen molar-refractivity contribution in [2.75, 3.05) is 38.0 Å². The summed E-state index contributed by atoms with van der Waals surface area (Å²) in [5.74, 6) is 0. The molecule has 0 fully saturated rings. The first kappa shape index (κ1) is 20.3. The number of aromatic nitrogens is 2. The van der Waals surface area contributed by atoms with E-state index < -0.39 is 0 Å². The third-order valence-corrected chi connectivity index (χ3v) is 4.46. The van der Waals surface area contributed by atoms with E-state index in [0.717, 1.165) is 22.5 Å². The van der Waals surface area contributed by atoms with Crippen LogP contribution in [0.3, 0.4) is 0 Å². The maximum Gasteiger partial charge on any atom is 0.295 e. The van der Waals surface area contributed by atoms with Crippen molar-refractivity contribution in [2.45, 2.75) is 6.61 Å². The van der Waals surface area contributed by atoms with E-state index in [1.807, 2.05) is 81.6 Å². The first-order valence-electron chi connectivity index (χ1n) is 9.33. The van der Waals surface area contributed by atoms with Crippen molar-refractivity contribution >= 4 is 23.8 Å². The van der Waals surface area contributed by atoms with Crippen LogP contribution < -0.4 is 14.5 Å². The first-order chi connectivity index (χ1) is 14.0. The van der Waals surface area contributed by atoms with E-state index in [0.29, 0.717) is 5.69 Å². The van der Waals surface area contributed by atoms with Gasteiger partial charge in [0, 0.05) is 39.6 Å². The number of hydrogen-bond acceptors (Lipinski definition) is 5. The second kappa shape index (κ2) is 9.16. The zero-order chi connectivity index (χ0) is 20.8. The van der Waals surface area contributed by atoms with Crippen molar-refractivity contribution in [3.63, 3.8) is 0 Å². The molecule has 0 saturated heterocycles. The Morgan fingerprint density at radius 3 is 1.86 bits per heavy atom. The summed E-state index contributed by atoms with van der Waals surface area (Å²) in [6.07, 6.45) is 7.00. The fourth-order valence-electron chi connectivity index (χ4n) is 2.69. The summed E-state index contributed by atoms with van der Waals surface area (Å²) in [5, 5.41) is 18.5. The van der Waals surface area contributed by atoms with Gasteiger partial charge in [-0.3, -0.25) is 0 Å². The van der Waals surface area contributed by atoms with Crippen molar-refractivity contribution in [3.05, 3.63) is 77.9 Å². The molecule has 0 aliphatic heterocycles. The highest BCUT2D eigenvalue weighted by molar-refractivity contribution is 5.80. The van der Waals surface area contributed by atoms with Crippen LogP contribution in [0.2, 0.25) is 0 Å². The molecule has 1 N–H and O–H groups in total. The maximum atomic E-state index is 9.62. The standard InChI is InChI=1S/C22H27N6O/c1-25(2)20-9-5-18(6-10-20)13-23-27-15-22(16-29)28(17-27)24-14-19-7-11-21(12-8-19)26(3)4/h5-15,17,29H,16H2,1-4H3/q+1/b23-13+,24-14+. The lowest BCUT2D eigenvalue weighted by Gasteiger charge is -2.11. The molecule has 1 aromatic heterocycles. The minimum absolute atomic E-state index is 0.128. The van der Waals surface area contributed by atoms with Gasteiger partial charge in [-0.15, -0.1) is 9.35 Å². The molecule has 0 aliphatic carbocycles. The molecule has 0 spiro atoms. The van der Waals surface area contributed by atoms with Gasteiger partial charge < -0.3 is 14.9 Å². The highest BCUT2D eigenvalue weighted by atomic mass is 16.3. The van der Waals surface area contributed by atoms with Gasteiger partial charge in [0.2, 0.25) is 0 Å². The summed E-state index contributed by atoms with van der Waals surface area (Å²) in [6.45, 7) is -0.128. The first-order valence-corrected chi connectivity index (χ1v) is 9.33. The molecule has 3 rings (SSSR count). The molecule has 7 heteroatoms. The average molecular weight is 391 g/mol. The van der Waals surface area contributed by atoms with Crippen LogP contribution in [0.4, 0.5) is 11.4 Å². The normalized spacial score (nSPS) is 11.5. The molecule has 0 aliphatic rings. The molecule has 0 bridgehead atoms. The Labute approximate surface area is 171 Å². The molecular weight excluding hydrogens is 364 g/mol. The van der Waals surface area contributed by atoms with Gasteiger partial charge in [0.05, 0.1) is 12.4 Å². The molecule has 0 atom stereocenters. The average Bonchev–Trinajstić information content (AvgIpc) is 3.13. The summed E-state index contributed by atoms with van der Waals surface area (Å²) in [5.41, 5.74) is 4.88. The van der Waals surface area contributed by atoms with Crippen molar-refractivity contribution in [2.24, 2.45) is 10.2 Å². The van der Waals surface area contributed by atoms with E-state index in [1.54, 1.807) is 34.3 Å². The van der Waals surface area contributed by atoms with E-state index in [-0.39, 0.29) is 6.61 Å². The fourth-order valence-corrected chi connectivity index (χ4v) is 2.69. The molecular formula is C22H27N6O+. The Morgan fingerprint density at radius 2 is 1.38 bits per heavy atom. The molecule has 3 aromatic rings. The van der Waals surface area contributed by atoms with Crippen molar-refractivity contribution in [1.82, 2.24) is 4.68 Å². The smallest absolute Gasteiger partial charge is 0.295 e. The predicted molar refractivity (Wildman–Crippen MR) is 118 cm³/mol. The topological polar surface area (TPSA) is 60.2 Å². The SMILES string of the molecule is CN(C)c1ccc(/C=N/n2c[n+](/N=C/c3ccc(N(C)C)cc3)cc2CO)cc1. The number of anilines is 2. The number of imidazole rings is 1. The van der Waals surface area contributed by atoms with E-state index in [2.05, 4.69) is 15.1 Å². The highest BCUT2D eigenvalue weighted by Gasteiger charge is 2.11. The van der Waals surface area contributed by atoms with Crippen molar-refractivity contribution in [1.29, 1.82) is 0 Å². The van der Waals surface area contributed by atoms with Gasteiger partial charge in [0.15, 0.2) is 11.9 Å². The number of nitrogens with zero attached hydrogens (tertiary/aromatic N) is 6. The predicted octanol–water partition coefficient (Wildman–Crippen LogP) is 2.16. The van der Waals surface area contributed by atoms with Crippen LogP contribution >= 0.6 is 0 Å². The Kier molecular flexibility index (Phi) is 6.41. The van der Waals surface area contributed by atoms with Crippen LogP contribution in [0.5, 0.6) is 0 Å². The zero-order valence-electron chi connectivity index (χ0n) is 17.3. The summed E-state index contributed by atoms with van der Waals surface area (Å²) >= 11 is 0. The third-order valence-electron chi connectivity index (χ3n) is 4.46. The number of benzene rings is 2.